The van der Waals surface area contributed by atoms with E-state index in [2.05, 4.69) is 6.92 Å². The highest BCUT2D eigenvalue weighted by Crippen LogP contribution is 2.41. The molecule has 2 aromatic rings. The third-order valence-corrected chi connectivity index (χ3v) is 7.06. The molecule has 0 aromatic heterocycles. The van der Waals surface area contributed by atoms with Gasteiger partial charge in [-0.2, -0.15) is 0 Å². The van der Waals surface area contributed by atoms with Gasteiger partial charge in [0.15, 0.2) is 0 Å². The molecule has 2 fully saturated rings. The molecule has 2 aromatic carbocycles. The number of halogens is 1. The molecule has 2 aliphatic heterocycles. The van der Waals surface area contributed by atoms with Gasteiger partial charge in [-0.1, -0.05) is 36.7 Å². The van der Waals surface area contributed by atoms with Crippen LogP contribution in [-0.2, 0) is 4.79 Å². The van der Waals surface area contributed by atoms with Crippen LogP contribution >= 0.6 is 11.6 Å². The van der Waals surface area contributed by atoms with Gasteiger partial charge < -0.3 is 14.9 Å². The van der Waals surface area contributed by atoms with Crippen LogP contribution in [0.5, 0.6) is 0 Å². The highest BCUT2D eigenvalue weighted by molar-refractivity contribution is 6.31. The van der Waals surface area contributed by atoms with Crippen LogP contribution < -0.4 is 4.90 Å². The fraction of sp³-hybridized carbons (Fsp3) is 0.417. The van der Waals surface area contributed by atoms with Gasteiger partial charge in [-0.05, 0) is 55.4 Å². The molecule has 33 heavy (non-hydrogen) atoms. The summed E-state index contributed by atoms with van der Waals surface area (Å²) in [5.41, 5.74) is 1.11. The number of aliphatic carboxylic acids is 1. The summed E-state index contributed by atoms with van der Waals surface area (Å²) in [6, 6.07) is 9.93. The van der Waals surface area contributed by atoms with Gasteiger partial charge in [-0.15, -0.1) is 0 Å². The second kappa shape index (κ2) is 9.39. The molecule has 1 amide bonds. The molecule has 0 aliphatic carbocycles. The molecule has 174 valence electrons. The zero-order valence-corrected chi connectivity index (χ0v) is 19.1. The van der Waals surface area contributed by atoms with E-state index in [0.29, 0.717) is 28.6 Å². The molecule has 8 nitrogen and oxygen atoms in total. The number of carbonyl (C=O) groups is 2. The second-order valence-corrected chi connectivity index (χ2v) is 9.22. The minimum atomic E-state index is -1.11. The summed E-state index contributed by atoms with van der Waals surface area (Å²) in [6.07, 6.45) is 2.62. The number of piperidine rings is 1. The van der Waals surface area contributed by atoms with Gasteiger partial charge in [0.25, 0.3) is 11.6 Å². The van der Waals surface area contributed by atoms with Crippen molar-refractivity contribution in [1.29, 1.82) is 0 Å². The molecule has 2 aliphatic rings. The SMILES string of the molecule is CC1CCN(c2ccc(C(=O)N3C(c4ccccc4Cl)CC[C@H]3C(=O)O)cc2[N+](=O)[O-])CC1. The van der Waals surface area contributed by atoms with Crippen molar-refractivity contribution in [2.45, 2.75) is 44.7 Å². The lowest BCUT2D eigenvalue weighted by Gasteiger charge is -2.32. The molecular formula is C24H26ClN3O5. The number of carboxylic acids is 1. The third kappa shape index (κ3) is 4.53. The van der Waals surface area contributed by atoms with Crippen LogP contribution in [0.25, 0.3) is 0 Å². The number of nitro groups is 1. The lowest BCUT2D eigenvalue weighted by molar-refractivity contribution is -0.384. The van der Waals surface area contributed by atoms with Gasteiger partial charge >= 0.3 is 5.97 Å². The quantitative estimate of drug-likeness (QED) is 0.490. The Balaban J connectivity index is 1.70. The number of amides is 1. The number of benzene rings is 2. The number of carboxylic acid groups (broad SMARTS) is 1. The minimum Gasteiger partial charge on any atom is -0.480 e. The van der Waals surface area contributed by atoms with Crippen LogP contribution in [0, 0.1) is 16.0 Å². The lowest BCUT2D eigenvalue weighted by atomic mass is 9.98. The van der Waals surface area contributed by atoms with Crippen molar-refractivity contribution in [3.63, 3.8) is 0 Å². The maximum absolute atomic E-state index is 13.5. The van der Waals surface area contributed by atoms with E-state index in [9.17, 15) is 24.8 Å². The molecule has 9 heteroatoms. The summed E-state index contributed by atoms with van der Waals surface area (Å²) >= 11 is 6.35. The van der Waals surface area contributed by atoms with E-state index in [-0.39, 0.29) is 17.7 Å². The second-order valence-electron chi connectivity index (χ2n) is 8.81. The van der Waals surface area contributed by atoms with Crippen molar-refractivity contribution in [3.8, 4) is 0 Å². The van der Waals surface area contributed by atoms with Crippen molar-refractivity contribution >= 4 is 34.9 Å². The van der Waals surface area contributed by atoms with E-state index < -0.39 is 28.9 Å². The van der Waals surface area contributed by atoms with Crippen molar-refractivity contribution < 1.29 is 19.6 Å². The lowest BCUT2D eigenvalue weighted by Crippen LogP contribution is -2.42. The van der Waals surface area contributed by atoms with Gasteiger partial charge in [0.2, 0.25) is 0 Å². The molecule has 2 heterocycles. The number of hydrogen-bond acceptors (Lipinski definition) is 5. The fourth-order valence-corrected chi connectivity index (χ4v) is 5.12. The number of nitro benzene ring substituents is 1. The Kier molecular flexibility index (Phi) is 6.56. The van der Waals surface area contributed by atoms with Crippen LogP contribution in [-0.4, -0.2) is 45.9 Å². The molecule has 0 bridgehead atoms. The summed E-state index contributed by atoms with van der Waals surface area (Å²) in [5.74, 6) is -1.08. The number of carbonyl (C=O) groups excluding carboxylic acids is 1. The highest BCUT2D eigenvalue weighted by Gasteiger charge is 2.43. The van der Waals surface area contributed by atoms with Crippen molar-refractivity contribution in [1.82, 2.24) is 4.90 Å². The molecule has 1 N–H and O–H groups in total. The first kappa shape index (κ1) is 23.0. The summed E-state index contributed by atoms with van der Waals surface area (Å²) in [7, 11) is 0. The van der Waals surface area contributed by atoms with Crippen LogP contribution in [0.1, 0.15) is 54.6 Å². The molecule has 0 saturated carbocycles. The van der Waals surface area contributed by atoms with E-state index in [1.807, 2.05) is 4.90 Å². The zero-order valence-electron chi connectivity index (χ0n) is 18.3. The first-order valence-electron chi connectivity index (χ1n) is 11.1. The molecule has 2 saturated heterocycles. The predicted octanol–water partition coefficient (Wildman–Crippen LogP) is 4.92. The number of nitrogens with zero attached hydrogens (tertiary/aromatic N) is 3. The van der Waals surface area contributed by atoms with E-state index in [0.717, 1.165) is 25.9 Å². The van der Waals surface area contributed by atoms with E-state index in [1.165, 1.54) is 11.0 Å². The normalized spacial score (nSPS) is 21.3. The maximum atomic E-state index is 13.5. The van der Waals surface area contributed by atoms with E-state index in [1.54, 1.807) is 36.4 Å². The van der Waals surface area contributed by atoms with Crippen LogP contribution in [0.4, 0.5) is 11.4 Å². The van der Waals surface area contributed by atoms with E-state index >= 15 is 0 Å². The van der Waals surface area contributed by atoms with E-state index in [4.69, 9.17) is 11.6 Å². The van der Waals surface area contributed by atoms with Gasteiger partial charge in [0.05, 0.1) is 11.0 Å². The molecule has 2 atom stereocenters. The van der Waals surface area contributed by atoms with Crippen LogP contribution in [0.2, 0.25) is 5.02 Å². The van der Waals surface area contributed by atoms with Crippen molar-refractivity contribution in [2.24, 2.45) is 5.92 Å². The fourth-order valence-electron chi connectivity index (χ4n) is 4.86. The highest BCUT2D eigenvalue weighted by atomic mass is 35.5. The molecule has 0 spiro atoms. The molecule has 0 radical (unpaired) electrons. The smallest absolute Gasteiger partial charge is 0.326 e. The predicted molar refractivity (Wildman–Crippen MR) is 125 cm³/mol. The van der Waals surface area contributed by atoms with Gasteiger partial charge in [0, 0.05) is 29.7 Å². The molecular weight excluding hydrogens is 446 g/mol. The van der Waals surface area contributed by atoms with Crippen LogP contribution in [0.15, 0.2) is 42.5 Å². The number of hydrogen-bond donors (Lipinski definition) is 1. The van der Waals surface area contributed by atoms with Gasteiger partial charge in [-0.25, -0.2) is 4.79 Å². The standard InChI is InChI=1S/C24H26ClN3O5/c1-15-10-12-26(13-11-15)20-7-6-16(14-22(20)28(32)33)23(29)27-19(8-9-21(27)24(30)31)17-4-2-3-5-18(17)25/h2-7,14-15,19,21H,8-13H2,1H3,(H,30,31)/t19?,21-/m0/s1. The summed E-state index contributed by atoms with van der Waals surface area (Å²) in [6.45, 7) is 3.60. The number of rotatable bonds is 5. The topological polar surface area (TPSA) is 104 Å². The average molecular weight is 472 g/mol. The Bertz CT molecular complexity index is 1080. The number of anilines is 1. The molecule has 4 rings (SSSR count). The van der Waals surface area contributed by atoms with Crippen LogP contribution in [0.3, 0.4) is 0 Å². The Labute approximate surface area is 196 Å². The zero-order chi connectivity index (χ0) is 23.7. The summed E-state index contributed by atoms with van der Waals surface area (Å²) in [5, 5.41) is 22.1. The average Bonchev–Trinajstić information content (AvgIpc) is 3.24. The summed E-state index contributed by atoms with van der Waals surface area (Å²) < 4.78 is 0. The maximum Gasteiger partial charge on any atom is 0.326 e. The summed E-state index contributed by atoms with van der Waals surface area (Å²) in [4.78, 5) is 40.2. The van der Waals surface area contributed by atoms with Crippen molar-refractivity contribution in [2.75, 3.05) is 18.0 Å². The first-order chi connectivity index (χ1) is 15.8. The first-order valence-corrected chi connectivity index (χ1v) is 11.5. The molecule has 1 unspecified atom stereocenters. The Morgan fingerprint density at radius 3 is 2.42 bits per heavy atom. The minimum absolute atomic E-state index is 0.0982. The number of likely N-dealkylation sites (tertiary alicyclic amines) is 1. The Morgan fingerprint density at radius 1 is 1.09 bits per heavy atom. The van der Waals surface area contributed by atoms with Crippen molar-refractivity contribution in [3.05, 3.63) is 68.7 Å². The largest absolute Gasteiger partial charge is 0.480 e. The van der Waals surface area contributed by atoms with Gasteiger partial charge in [-0.3, -0.25) is 14.9 Å². The van der Waals surface area contributed by atoms with Gasteiger partial charge in [0.1, 0.15) is 11.7 Å². The Morgan fingerprint density at radius 2 is 1.79 bits per heavy atom. The third-order valence-electron chi connectivity index (χ3n) is 6.71. The Hall–Kier alpha value is -3.13. The monoisotopic (exact) mass is 471 g/mol.